The maximum Gasteiger partial charge on any atom is 0.220 e. The van der Waals surface area contributed by atoms with Crippen LogP contribution >= 0.6 is 0 Å². The third-order valence-electron chi connectivity index (χ3n) is 19.8. The molecule has 0 unspecified atom stereocenters. The molecule has 0 bridgehead atoms. The van der Waals surface area contributed by atoms with Gasteiger partial charge in [0.1, 0.15) is 42.3 Å². The number of aryl methyl sites for hydroxylation is 12. The van der Waals surface area contributed by atoms with Gasteiger partial charge in [-0.15, -0.1) is 0 Å². The summed E-state index contributed by atoms with van der Waals surface area (Å²) in [6, 6.07) is 97.2. The molecule has 0 saturated heterocycles. The van der Waals surface area contributed by atoms with Crippen LogP contribution in [-0.4, -0.2) is 0 Å². The molecule has 0 N–H and O–H groups in total. The normalized spacial score (nSPS) is 9.89. The smallest absolute Gasteiger partial charge is 0.205 e. The van der Waals surface area contributed by atoms with Gasteiger partial charge in [0.25, 0.3) is 0 Å². The Morgan fingerprint density at radius 3 is 1.13 bits per heavy atom. The molecule has 0 atom stereocenters. The molecule has 18 rings (SSSR count). The number of rotatable bonds is 0. The first-order valence-corrected chi connectivity index (χ1v) is 33.2. The molecule has 12 aromatic carbocycles. The number of benzene rings is 12. The first kappa shape index (κ1) is 94.7. The summed E-state index contributed by atoms with van der Waals surface area (Å²) in [5.74, 6) is 0. The standard InChI is InChI=1S/6C15H14N.12CH4/c1-11-12-7-3-4-8-13(12)14-9-5-6-10-15(14)16(11)2;1-11-7-9-14-13-6-4-3-5-12(13)8-10-15(14)16(11)2;1-11-9-15-13(10-16(11)2)8-7-12-5-3-4-6-14(12)15;1-11-9-13-8-7-12-5-3-4-6-14(12)15(13)10-16(11)2;1-11-15-13(9-10-16(11)2)8-7-12-5-3-4-6-14(12)15;1-11-7-8-13-10-9-12-5-3-4-6-14(12)15(13)16(11)2;;;;;;;;;;;;/h6*3-10H,1-2H3;12*1H4/q6*+1;;;;;;;;;;;;. The van der Waals surface area contributed by atoms with E-state index in [4.69, 9.17) is 0 Å². The lowest BCUT2D eigenvalue weighted by molar-refractivity contribution is -0.676. The highest BCUT2D eigenvalue weighted by atomic mass is 14.9. The van der Waals surface area contributed by atoms with E-state index in [1.807, 2.05) is 0 Å². The van der Waals surface area contributed by atoms with Crippen LogP contribution in [0.5, 0.6) is 0 Å². The lowest BCUT2D eigenvalue weighted by atomic mass is 10.0. The van der Waals surface area contributed by atoms with Gasteiger partial charge in [-0.2, -0.15) is 13.7 Å². The van der Waals surface area contributed by atoms with Crippen molar-refractivity contribution in [3.8, 4) is 0 Å². The number of aromatic nitrogens is 6. The van der Waals surface area contributed by atoms with Gasteiger partial charge in [-0.25, -0.2) is 13.7 Å². The molecule has 0 aliphatic heterocycles. The van der Waals surface area contributed by atoms with Crippen molar-refractivity contribution in [3.63, 3.8) is 0 Å². The van der Waals surface area contributed by atoms with Gasteiger partial charge in [0, 0.05) is 111 Å². The topological polar surface area (TPSA) is 23.3 Å². The van der Waals surface area contributed by atoms with E-state index in [9.17, 15) is 0 Å². The molecular weight excluding hydrogens is 1310 g/mol. The fourth-order valence-corrected chi connectivity index (χ4v) is 13.6. The van der Waals surface area contributed by atoms with Crippen molar-refractivity contribution in [1.82, 2.24) is 0 Å². The van der Waals surface area contributed by atoms with E-state index in [1.165, 1.54) is 164 Å². The summed E-state index contributed by atoms with van der Waals surface area (Å²) < 4.78 is 13.3. The fourth-order valence-electron chi connectivity index (χ4n) is 13.6. The predicted molar refractivity (Wildman–Crippen MR) is 485 cm³/mol. The van der Waals surface area contributed by atoms with Crippen molar-refractivity contribution in [3.05, 3.63) is 326 Å². The first-order valence-electron chi connectivity index (χ1n) is 33.2. The van der Waals surface area contributed by atoms with E-state index in [1.54, 1.807) is 0 Å². The summed E-state index contributed by atoms with van der Waals surface area (Å²) >= 11 is 0. The summed E-state index contributed by atoms with van der Waals surface area (Å²) in [5.41, 5.74) is 11.7. The fraction of sp³-hybridized carbons (Fsp3) is 0.235. The zero-order valence-corrected chi connectivity index (χ0v) is 57.4. The Labute approximate surface area is 651 Å². The van der Waals surface area contributed by atoms with Crippen LogP contribution in [0.1, 0.15) is 123 Å². The zero-order chi connectivity index (χ0) is 66.7. The lowest BCUT2D eigenvalue weighted by Crippen LogP contribution is -2.33. The third-order valence-corrected chi connectivity index (χ3v) is 19.8. The molecule has 0 spiro atoms. The molecule has 0 aliphatic rings. The van der Waals surface area contributed by atoms with Gasteiger partial charge < -0.3 is 0 Å². The molecule has 108 heavy (non-hydrogen) atoms. The minimum Gasteiger partial charge on any atom is -0.205 e. The largest absolute Gasteiger partial charge is 0.220 e. The highest BCUT2D eigenvalue weighted by Gasteiger charge is 2.17. The predicted octanol–water partition coefficient (Wildman–Crippen LogP) is 26.4. The third kappa shape index (κ3) is 18.9. The number of pyridine rings is 6. The van der Waals surface area contributed by atoms with Crippen molar-refractivity contribution < 1.29 is 27.4 Å². The van der Waals surface area contributed by atoms with Crippen LogP contribution in [0.15, 0.2) is 292 Å². The molecule has 0 amide bonds. The van der Waals surface area contributed by atoms with Crippen molar-refractivity contribution in [1.29, 1.82) is 0 Å². The molecular formula is C102H132N6+6. The second kappa shape index (κ2) is 41.0. The summed E-state index contributed by atoms with van der Waals surface area (Å²) in [6.45, 7) is 12.9. The molecule has 0 radical (unpaired) electrons. The van der Waals surface area contributed by atoms with Crippen LogP contribution < -0.4 is 27.4 Å². The summed E-state index contributed by atoms with van der Waals surface area (Å²) in [6.07, 6.45) is 6.52. The first-order chi connectivity index (χ1) is 46.6. The van der Waals surface area contributed by atoms with Crippen molar-refractivity contribution >= 4 is 130 Å². The summed E-state index contributed by atoms with van der Waals surface area (Å²) in [5, 5.41) is 27.8. The van der Waals surface area contributed by atoms with Crippen LogP contribution in [0, 0.1) is 41.5 Å². The maximum absolute atomic E-state index is 2.26. The molecule has 6 heteroatoms. The van der Waals surface area contributed by atoms with Gasteiger partial charge in [-0.1, -0.05) is 271 Å². The van der Waals surface area contributed by atoms with Crippen molar-refractivity contribution in [2.45, 2.75) is 131 Å². The maximum atomic E-state index is 2.26. The van der Waals surface area contributed by atoms with Crippen LogP contribution in [0.25, 0.3) is 130 Å². The SMILES string of the molecule is C.C.C.C.C.C.C.C.C.C.C.C.Cc1c2c(ccc3ccccc32)cc[n+]1C.Cc1c2ccccc2c2ccccc2[n+]1C.Cc1cc2c(ccc3ccccc32)c[n+]1C.Cc1cc2ccc3ccccc3c2c[n+]1C.Cc1ccc2c3ccccc3ccc2[n+]1C.Cc1ccc2ccc3ccccc3c2[n+]1C. The molecule has 6 nitrogen and oxygen atoms in total. The zero-order valence-electron chi connectivity index (χ0n) is 57.4. The van der Waals surface area contributed by atoms with E-state index >= 15 is 0 Å². The monoisotopic (exact) mass is 1440 g/mol. The quantitative estimate of drug-likeness (QED) is 0.107. The van der Waals surface area contributed by atoms with Gasteiger partial charge >= 0.3 is 0 Å². The van der Waals surface area contributed by atoms with Crippen molar-refractivity contribution in [2.75, 3.05) is 0 Å². The molecule has 18 aromatic rings. The molecule has 564 valence electrons. The van der Waals surface area contributed by atoms with Gasteiger partial charge in [0.05, 0.1) is 26.9 Å². The Morgan fingerprint density at radius 2 is 0.556 bits per heavy atom. The Balaban J connectivity index is 0.000000634. The van der Waals surface area contributed by atoms with E-state index in [-0.39, 0.29) is 89.1 Å². The second-order valence-electron chi connectivity index (χ2n) is 25.6. The Kier molecular flexibility index (Phi) is 35.9. The van der Waals surface area contributed by atoms with Crippen LogP contribution in [-0.2, 0) is 42.3 Å². The van der Waals surface area contributed by atoms with Crippen LogP contribution in [0.3, 0.4) is 0 Å². The molecule has 6 heterocycles. The van der Waals surface area contributed by atoms with Gasteiger partial charge in [0.15, 0.2) is 52.8 Å². The number of hydrogen-bond donors (Lipinski definition) is 0. The number of fused-ring (bicyclic) bond motifs is 18. The van der Waals surface area contributed by atoms with E-state index in [0.717, 1.165) is 0 Å². The van der Waals surface area contributed by atoms with E-state index in [0.29, 0.717) is 0 Å². The highest BCUT2D eigenvalue weighted by molar-refractivity contribution is 6.10. The number of hydrogen-bond acceptors (Lipinski definition) is 0. The van der Waals surface area contributed by atoms with Gasteiger partial charge in [0.2, 0.25) is 16.6 Å². The molecule has 6 aromatic heterocycles. The summed E-state index contributed by atoms with van der Waals surface area (Å²) in [7, 11) is 12.7. The van der Waals surface area contributed by atoms with E-state index in [2.05, 4.69) is 403 Å². The highest BCUT2D eigenvalue weighted by Crippen LogP contribution is 2.30. The average Bonchev–Trinajstić information content (AvgIpc) is 0.784. The molecule has 0 saturated carbocycles. The Bertz CT molecular complexity index is 5620. The minimum atomic E-state index is 0. The van der Waals surface area contributed by atoms with Crippen LogP contribution in [0.2, 0.25) is 0 Å². The Morgan fingerprint density at radius 1 is 0.194 bits per heavy atom. The number of para-hydroxylation sites is 1. The summed E-state index contributed by atoms with van der Waals surface area (Å²) in [4.78, 5) is 0. The van der Waals surface area contributed by atoms with Crippen LogP contribution in [0.4, 0.5) is 0 Å². The lowest BCUT2D eigenvalue weighted by Gasteiger charge is -2.05. The average molecular weight is 1440 g/mol. The second-order valence-corrected chi connectivity index (χ2v) is 25.6. The molecule has 0 fully saturated rings. The van der Waals surface area contributed by atoms with Gasteiger partial charge in [-0.3, -0.25) is 0 Å². The van der Waals surface area contributed by atoms with E-state index < -0.39 is 0 Å². The number of nitrogens with zero attached hydrogens (tertiary/aromatic N) is 6. The molecule has 0 aliphatic carbocycles. The Hall–Kier alpha value is -11.3. The van der Waals surface area contributed by atoms with Gasteiger partial charge in [-0.05, 0) is 108 Å². The van der Waals surface area contributed by atoms with Crippen molar-refractivity contribution in [2.24, 2.45) is 42.3 Å². The minimum absolute atomic E-state index is 0.